The predicted molar refractivity (Wildman–Crippen MR) is 152 cm³/mol. The summed E-state index contributed by atoms with van der Waals surface area (Å²) in [7, 11) is 0. The number of nitrogens with two attached hydrogens (primary N) is 1. The highest BCUT2D eigenvalue weighted by Crippen LogP contribution is 2.26. The summed E-state index contributed by atoms with van der Waals surface area (Å²) in [4.78, 5) is 12.8. The highest BCUT2D eigenvalue weighted by atomic mass is 35.5. The largest absolute Gasteiger partial charge is 0.422 e. The zero-order valence-corrected chi connectivity index (χ0v) is 20.9. The van der Waals surface area contributed by atoms with Crippen LogP contribution in [0.4, 0.5) is 0 Å². The van der Waals surface area contributed by atoms with Gasteiger partial charge in [0.15, 0.2) is 5.11 Å². The van der Waals surface area contributed by atoms with E-state index in [0.29, 0.717) is 16.3 Å². The van der Waals surface area contributed by atoms with E-state index in [1.165, 1.54) is 0 Å². The van der Waals surface area contributed by atoms with Crippen molar-refractivity contribution in [2.75, 3.05) is 0 Å². The Bertz CT molecular complexity index is 1710. The molecule has 37 heavy (non-hydrogen) atoms. The number of thiocarbonyl (C=S) groups is 1. The molecule has 0 spiro atoms. The quantitative estimate of drug-likeness (QED) is 0.130. The maximum atomic E-state index is 12.8. The van der Waals surface area contributed by atoms with Gasteiger partial charge in [0.05, 0.1) is 22.7 Å². The van der Waals surface area contributed by atoms with Gasteiger partial charge in [0, 0.05) is 27.7 Å². The van der Waals surface area contributed by atoms with E-state index in [2.05, 4.69) is 10.5 Å². The molecule has 0 aliphatic rings. The number of hydrazone groups is 1. The smallest absolute Gasteiger partial charge is 0.345 e. The Labute approximate surface area is 222 Å². The van der Waals surface area contributed by atoms with E-state index in [0.717, 1.165) is 27.9 Å². The topological polar surface area (TPSA) is 98.4 Å². The molecule has 3 N–H and O–H groups in total. The number of halogens is 1. The number of nitrogens with zero attached hydrogens (tertiary/aromatic N) is 3. The molecule has 0 saturated carbocycles. The second kappa shape index (κ2) is 10.6. The summed E-state index contributed by atoms with van der Waals surface area (Å²) in [6, 6.07) is 26.2. The van der Waals surface area contributed by atoms with Crippen molar-refractivity contribution in [2.45, 2.75) is 0 Å². The third-order valence-corrected chi connectivity index (χ3v) is 5.85. The Kier molecular flexibility index (Phi) is 6.93. The highest BCUT2D eigenvalue weighted by Gasteiger charge is 2.14. The second-order valence-corrected chi connectivity index (χ2v) is 8.89. The molecule has 7 nitrogen and oxygen atoms in total. The van der Waals surface area contributed by atoms with Crippen molar-refractivity contribution in [3.05, 3.63) is 124 Å². The van der Waals surface area contributed by atoms with E-state index in [4.69, 9.17) is 39.1 Å². The molecule has 9 heteroatoms. The van der Waals surface area contributed by atoms with Crippen molar-refractivity contribution in [3.8, 4) is 16.9 Å². The van der Waals surface area contributed by atoms with Gasteiger partial charge >= 0.3 is 5.63 Å². The fourth-order valence-electron chi connectivity index (χ4n) is 3.77. The van der Waals surface area contributed by atoms with Gasteiger partial charge in [-0.3, -0.25) is 5.43 Å². The Morgan fingerprint density at radius 3 is 2.54 bits per heavy atom. The van der Waals surface area contributed by atoms with E-state index in [1.807, 2.05) is 79.0 Å². The first kappa shape index (κ1) is 24.2. The summed E-state index contributed by atoms with van der Waals surface area (Å²) >= 11 is 11.0. The maximum absolute atomic E-state index is 12.8. The van der Waals surface area contributed by atoms with Crippen LogP contribution in [0.25, 0.3) is 34.0 Å². The van der Waals surface area contributed by atoms with Crippen LogP contribution in [-0.2, 0) is 0 Å². The van der Waals surface area contributed by atoms with Gasteiger partial charge in [-0.25, -0.2) is 9.48 Å². The molecule has 0 atom stereocenters. The monoisotopic (exact) mass is 525 g/mol. The van der Waals surface area contributed by atoms with Gasteiger partial charge in [-0.1, -0.05) is 60.1 Å². The van der Waals surface area contributed by atoms with Crippen LogP contribution in [0.2, 0.25) is 5.02 Å². The lowest BCUT2D eigenvalue weighted by molar-refractivity contribution is 0.559. The van der Waals surface area contributed by atoms with Gasteiger partial charge in [-0.05, 0) is 60.8 Å². The van der Waals surface area contributed by atoms with Crippen molar-refractivity contribution in [1.82, 2.24) is 15.2 Å². The number of hydrogen-bond donors (Lipinski definition) is 2. The van der Waals surface area contributed by atoms with E-state index in [9.17, 15) is 4.79 Å². The Morgan fingerprint density at radius 1 is 1.05 bits per heavy atom. The van der Waals surface area contributed by atoms with Crippen molar-refractivity contribution in [1.29, 1.82) is 0 Å². The second-order valence-electron chi connectivity index (χ2n) is 8.01. The van der Waals surface area contributed by atoms with Crippen molar-refractivity contribution in [2.24, 2.45) is 10.8 Å². The predicted octanol–water partition coefficient (Wildman–Crippen LogP) is 5.55. The lowest BCUT2D eigenvalue weighted by Gasteiger charge is -2.04. The van der Waals surface area contributed by atoms with Crippen LogP contribution in [0, 0.1) is 0 Å². The zero-order valence-electron chi connectivity index (χ0n) is 19.3. The first-order valence-electron chi connectivity index (χ1n) is 11.2. The van der Waals surface area contributed by atoms with Crippen LogP contribution in [0.3, 0.4) is 0 Å². The highest BCUT2D eigenvalue weighted by molar-refractivity contribution is 7.80. The number of fused-ring (bicyclic) bond motifs is 1. The minimum absolute atomic E-state index is 0.0326. The molecule has 0 bridgehead atoms. The number of nitrogens with one attached hydrogen (secondary N) is 1. The summed E-state index contributed by atoms with van der Waals surface area (Å²) in [5.74, 6) is 0. The summed E-state index contributed by atoms with van der Waals surface area (Å²) in [6.07, 6.45) is 5.42. The van der Waals surface area contributed by atoms with Gasteiger partial charge in [0.1, 0.15) is 5.58 Å². The van der Waals surface area contributed by atoms with Gasteiger partial charge in [0.2, 0.25) is 0 Å². The molecule has 5 rings (SSSR count). The van der Waals surface area contributed by atoms with Gasteiger partial charge in [-0.2, -0.15) is 10.2 Å². The Morgan fingerprint density at radius 2 is 1.78 bits per heavy atom. The van der Waals surface area contributed by atoms with E-state index in [-0.39, 0.29) is 10.7 Å². The van der Waals surface area contributed by atoms with E-state index in [1.54, 1.807) is 29.0 Å². The molecule has 0 fully saturated rings. The molecule has 182 valence electrons. The normalized spacial score (nSPS) is 11.8. The third kappa shape index (κ3) is 5.50. The Hall–Kier alpha value is -4.53. The SMILES string of the molecule is NC(=S)N/N=C(/C=C/c1cn(-c2ccccc2)nc1-c1ccc(Cl)cc1)c1cc2ccccc2oc1=O. The summed E-state index contributed by atoms with van der Waals surface area (Å²) in [6.45, 7) is 0. The van der Waals surface area contributed by atoms with Crippen molar-refractivity contribution in [3.63, 3.8) is 0 Å². The average Bonchev–Trinajstić information content (AvgIpc) is 3.33. The zero-order chi connectivity index (χ0) is 25.8. The standard InChI is InChI=1S/C28H20ClN5O2S/c29-21-13-10-18(11-14-21)26-20(17-34(33-26)22-7-2-1-3-8-22)12-15-24(31-32-28(30)37)23-16-19-6-4-5-9-25(19)36-27(23)35/h1-17H,(H3,30,32,37)/b15-12+,31-24-. The average molecular weight is 526 g/mol. The minimum atomic E-state index is -0.537. The number of aromatic nitrogens is 2. The Balaban J connectivity index is 1.62. The molecule has 0 saturated heterocycles. The molecule has 5 aromatic rings. The lowest BCUT2D eigenvalue weighted by Crippen LogP contribution is -2.26. The first-order chi connectivity index (χ1) is 18.0. The van der Waals surface area contributed by atoms with Gasteiger partial charge < -0.3 is 10.2 Å². The van der Waals surface area contributed by atoms with Gasteiger partial charge in [-0.15, -0.1) is 0 Å². The summed E-state index contributed by atoms with van der Waals surface area (Å²) < 4.78 is 7.30. The maximum Gasteiger partial charge on any atom is 0.345 e. The minimum Gasteiger partial charge on any atom is -0.422 e. The van der Waals surface area contributed by atoms with Crippen molar-refractivity contribution >= 4 is 51.7 Å². The third-order valence-electron chi connectivity index (χ3n) is 5.51. The number of para-hydroxylation sites is 2. The molecule has 0 radical (unpaired) electrons. The van der Waals surface area contributed by atoms with Crippen LogP contribution in [-0.4, -0.2) is 20.6 Å². The molecule has 3 aromatic carbocycles. The fourth-order valence-corrected chi connectivity index (χ4v) is 3.94. The molecular weight excluding hydrogens is 506 g/mol. The van der Waals surface area contributed by atoms with Crippen LogP contribution in [0.5, 0.6) is 0 Å². The summed E-state index contributed by atoms with van der Waals surface area (Å²) in [5.41, 5.74) is 12.0. The molecule has 2 aromatic heterocycles. The number of rotatable bonds is 6. The van der Waals surface area contributed by atoms with Crippen LogP contribution in [0.1, 0.15) is 11.1 Å². The van der Waals surface area contributed by atoms with Crippen molar-refractivity contribution < 1.29 is 4.42 Å². The molecule has 0 aliphatic heterocycles. The number of allylic oxidation sites excluding steroid dienone is 1. The van der Waals surface area contributed by atoms with Crippen LogP contribution in [0.15, 0.2) is 112 Å². The molecule has 0 unspecified atom stereocenters. The molecular formula is C28H20ClN5O2S. The molecule has 2 heterocycles. The lowest BCUT2D eigenvalue weighted by atomic mass is 10.1. The van der Waals surface area contributed by atoms with Crippen LogP contribution < -0.4 is 16.8 Å². The molecule has 0 aliphatic carbocycles. The number of benzene rings is 3. The van der Waals surface area contributed by atoms with E-state index < -0.39 is 5.63 Å². The van der Waals surface area contributed by atoms with Crippen LogP contribution >= 0.6 is 23.8 Å². The first-order valence-corrected chi connectivity index (χ1v) is 12.0. The van der Waals surface area contributed by atoms with E-state index >= 15 is 0 Å². The van der Waals surface area contributed by atoms with Gasteiger partial charge in [0.25, 0.3) is 0 Å². The molecule has 0 amide bonds. The number of hydrogen-bond acceptors (Lipinski definition) is 5. The fraction of sp³-hybridized carbons (Fsp3) is 0. The summed E-state index contributed by atoms with van der Waals surface area (Å²) in [5, 5.41) is 10.4.